The lowest BCUT2D eigenvalue weighted by molar-refractivity contribution is 0.0543. The minimum Gasteiger partial charge on any atom is -0.443 e. The highest BCUT2D eigenvalue weighted by molar-refractivity contribution is 9.10. The molecule has 1 aromatic carbocycles. The van der Waals surface area contributed by atoms with Crippen LogP contribution in [-0.4, -0.2) is 63.7 Å². The van der Waals surface area contributed by atoms with Gasteiger partial charge in [0.15, 0.2) is 16.6 Å². The third kappa shape index (κ3) is 12.0. The van der Waals surface area contributed by atoms with E-state index < -0.39 is 47.9 Å². The number of hydrogen-bond donors (Lipinski definition) is 0. The molecule has 0 saturated heterocycles. The van der Waals surface area contributed by atoms with Crippen LogP contribution < -0.4 is 0 Å². The molecule has 1 unspecified atom stereocenters. The van der Waals surface area contributed by atoms with E-state index in [0.717, 1.165) is 32.8 Å². The summed E-state index contributed by atoms with van der Waals surface area (Å²) in [7, 11) is -5.74. The fraction of sp³-hybridized carbons (Fsp3) is 0.659. The summed E-state index contributed by atoms with van der Waals surface area (Å²) in [5, 5.41) is 0.900. The number of imidazole rings is 1. The van der Waals surface area contributed by atoms with Crippen molar-refractivity contribution in [2.75, 3.05) is 13.2 Å². The molecule has 0 fully saturated rings. The molecule has 0 bridgehead atoms. The molecule has 1 atom stereocenters. The predicted molar refractivity (Wildman–Crippen MR) is 232 cm³/mol. The SMILES string of the molecule is CC(C)(C)OC(=O)n1c(C#CC(C)(C)c2ncn(COCC[Si](C)(C)C)c2C(CO[Si](C)(C)C(C)(C)C)O[Si](C)(C)C(C)(C)C)cc2ccc(Br)cc21. The van der Waals surface area contributed by atoms with Gasteiger partial charge in [0, 0.05) is 24.5 Å². The molecule has 0 saturated carbocycles. The maximum Gasteiger partial charge on any atom is 0.420 e. The van der Waals surface area contributed by atoms with Crippen molar-refractivity contribution in [1.29, 1.82) is 0 Å². The fourth-order valence-electron chi connectivity index (χ4n) is 5.11. The summed E-state index contributed by atoms with van der Waals surface area (Å²) < 4.78 is 31.0. The van der Waals surface area contributed by atoms with Crippen molar-refractivity contribution < 1.29 is 23.1 Å². The van der Waals surface area contributed by atoms with Gasteiger partial charge in [-0.2, -0.15) is 0 Å². The number of hydrogen-bond acceptors (Lipinski definition) is 6. The van der Waals surface area contributed by atoms with Gasteiger partial charge in [0.2, 0.25) is 0 Å². The molecular weight excluding hydrogens is 779 g/mol. The Labute approximate surface area is 332 Å². The van der Waals surface area contributed by atoms with Crippen LogP contribution in [-0.2, 0) is 30.5 Å². The van der Waals surface area contributed by atoms with Crippen LogP contribution >= 0.6 is 15.9 Å². The molecule has 296 valence electrons. The van der Waals surface area contributed by atoms with Gasteiger partial charge in [-0.3, -0.25) is 0 Å². The summed E-state index contributed by atoms with van der Waals surface area (Å²) in [6, 6.07) is 8.87. The van der Waals surface area contributed by atoms with Crippen molar-refractivity contribution in [1.82, 2.24) is 14.1 Å². The number of halogens is 1. The van der Waals surface area contributed by atoms with E-state index in [1.54, 1.807) is 4.57 Å². The van der Waals surface area contributed by atoms with Crippen molar-refractivity contribution in [2.45, 2.75) is 162 Å². The number of ether oxygens (including phenoxy) is 2. The standard InChI is InChI=1S/C41H68BrN3O5Si3/c1-38(2,3)49-37(46)45-32(25-30-19-20-31(42)26-33(30)45)21-22-41(10,11)36-35(44(28-43-36)29-47-23-24-51(12,13)14)34(50-53(17,18)40(7,8)9)27-48-52(15,16)39(4,5)6/h19-20,25-26,28,34H,23-24,27,29H2,1-18H3. The van der Waals surface area contributed by atoms with Crippen LogP contribution in [0.25, 0.3) is 10.9 Å². The molecule has 0 spiro atoms. The number of aromatic nitrogens is 3. The van der Waals surface area contributed by atoms with Gasteiger partial charge in [-0.1, -0.05) is 89.1 Å². The molecule has 0 aliphatic carbocycles. The first-order valence-electron chi connectivity index (χ1n) is 18.9. The summed E-state index contributed by atoms with van der Waals surface area (Å²) in [6.45, 7) is 41.0. The van der Waals surface area contributed by atoms with Crippen molar-refractivity contribution in [3.63, 3.8) is 0 Å². The minimum absolute atomic E-state index is 0.0273. The van der Waals surface area contributed by atoms with Gasteiger partial charge in [-0.25, -0.2) is 14.3 Å². The van der Waals surface area contributed by atoms with Crippen LogP contribution in [0.5, 0.6) is 0 Å². The molecule has 53 heavy (non-hydrogen) atoms. The van der Waals surface area contributed by atoms with Gasteiger partial charge in [-0.05, 0) is 101 Å². The number of carbonyl (C=O) groups is 1. The van der Waals surface area contributed by atoms with Gasteiger partial charge in [0.1, 0.15) is 24.1 Å². The monoisotopic (exact) mass is 845 g/mol. The Hall–Kier alpha value is -1.99. The largest absolute Gasteiger partial charge is 0.443 e. The lowest BCUT2D eigenvalue weighted by Gasteiger charge is -2.42. The first-order chi connectivity index (χ1) is 23.9. The molecule has 0 amide bonds. The second-order valence-corrected chi connectivity index (χ2v) is 36.3. The molecule has 8 nitrogen and oxygen atoms in total. The molecule has 2 aromatic heterocycles. The predicted octanol–water partition coefficient (Wildman–Crippen LogP) is 12.1. The van der Waals surface area contributed by atoms with E-state index in [-0.39, 0.29) is 10.1 Å². The topological polar surface area (TPSA) is 76.7 Å². The van der Waals surface area contributed by atoms with Crippen molar-refractivity contribution in [2.24, 2.45) is 0 Å². The normalized spacial score (nSPS) is 14.3. The van der Waals surface area contributed by atoms with Gasteiger partial charge in [0.05, 0.1) is 35.3 Å². The number of nitrogens with zero attached hydrogens (tertiary/aromatic N) is 3. The summed E-state index contributed by atoms with van der Waals surface area (Å²) in [6.07, 6.45) is 1.00. The summed E-state index contributed by atoms with van der Waals surface area (Å²) in [5.74, 6) is 6.92. The van der Waals surface area contributed by atoms with Gasteiger partial charge >= 0.3 is 6.09 Å². The number of fused-ring (bicyclic) bond motifs is 1. The Balaban J connectivity index is 2.24. The van der Waals surface area contributed by atoms with Gasteiger partial charge < -0.3 is 22.9 Å². The Morgan fingerprint density at radius 2 is 1.49 bits per heavy atom. The van der Waals surface area contributed by atoms with Crippen LogP contribution in [0, 0.1) is 11.8 Å². The molecule has 0 radical (unpaired) electrons. The molecule has 0 aliphatic rings. The second kappa shape index (κ2) is 16.2. The van der Waals surface area contributed by atoms with Crippen LogP contribution in [0.2, 0.25) is 61.9 Å². The smallest absolute Gasteiger partial charge is 0.420 e. The molecule has 2 heterocycles. The maximum atomic E-state index is 13.6. The van der Waals surface area contributed by atoms with E-state index >= 15 is 0 Å². The lowest BCUT2D eigenvalue weighted by Crippen LogP contribution is -2.46. The van der Waals surface area contributed by atoms with Crippen LogP contribution in [0.15, 0.2) is 35.1 Å². The van der Waals surface area contributed by atoms with E-state index in [1.807, 2.05) is 51.4 Å². The third-order valence-corrected chi connectivity index (χ3v) is 21.7. The molecule has 12 heteroatoms. The number of carbonyl (C=O) groups excluding carboxylic acids is 1. The maximum absolute atomic E-state index is 13.6. The summed E-state index contributed by atoms with van der Waals surface area (Å²) in [4.78, 5) is 18.7. The van der Waals surface area contributed by atoms with Crippen LogP contribution in [0.1, 0.15) is 99.3 Å². The minimum atomic E-state index is -2.30. The molecule has 0 N–H and O–H groups in total. The second-order valence-electron chi connectivity index (χ2n) is 20.2. The van der Waals surface area contributed by atoms with Crippen LogP contribution in [0.4, 0.5) is 4.79 Å². The first-order valence-corrected chi connectivity index (χ1v) is 29.2. The third-order valence-electron chi connectivity index (χ3n) is 10.5. The Morgan fingerprint density at radius 3 is 2.04 bits per heavy atom. The Morgan fingerprint density at radius 1 is 0.887 bits per heavy atom. The Kier molecular flexibility index (Phi) is 13.9. The number of rotatable bonds is 12. The zero-order chi connectivity index (χ0) is 40.6. The highest BCUT2D eigenvalue weighted by Crippen LogP contribution is 2.43. The zero-order valence-electron chi connectivity index (χ0n) is 36.1. The van der Waals surface area contributed by atoms with Crippen molar-refractivity contribution >= 4 is 57.6 Å². The average molecular weight is 847 g/mol. The quantitative estimate of drug-likeness (QED) is 0.103. The van der Waals surface area contributed by atoms with Crippen molar-refractivity contribution in [3.8, 4) is 11.8 Å². The molecular formula is C41H68BrN3O5Si3. The fourth-order valence-corrected chi connectivity index (χ4v) is 8.46. The molecule has 0 aliphatic heterocycles. The summed E-state index contributed by atoms with van der Waals surface area (Å²) in [5.41, 5.74) is 1.59. The first kappa shape index (κ1) is 45.4. The van der Waals surface area contributed by atoms with Crippen molar-refractivity contribution in [3.05, 3.63) is 52.1 Å². The van der Waals surface area contributed by atoms with E-state index in [0.29, 0.717) is 25.6 Å². The number of benzene rings is 1. The van der Waals surface area contributed by atoms with E-state index in [1.165, 1.54) is 0 Å². The Bertz CT molecular complexity index is 1810. The van der Waals surface area contributed by atoms with Gasteiger partial charge in [-0.15, -0.1) is 0 Å². The zero-order valence-corrected chi connectivity index (χ0v) is 40.6. The lowest BCUT2D eigenvalue weighted by atomic mass is 9.87. The molecule has 3 aromatic rings. The van der Waals surface area contributed by atoms with E-state index in [9.17, 15) is 4.79 Å². The van der Waals surface area contributed by atoms with E-state index in [2.05, 4.69) is 134 Å². The highest BCUT2D eigenvalue weighted by Gasteiger charge is 2.44. The summed E-state index contributed by atoms with van der Waals surface area (Å²) >= 11 is 3.57. The highest BCUT2D eigenvalue weighted by atomic mass is 79.9. The van der Waals surface area contributed by atoms with Gasteiger partial charge in [0.25, 0.3) is 0 Å². The average Bonchev–Trinajstić information content (AvgIpc) is 3.55. The van der Waals surface area contributed by atoms with E-state index in [4.69, 9.17) is 23.3 Å². The van der Waals surface area contributed by atoms with Crippen LogP contribution in [0.3, 0.4) is 0 Å². The molecule has 3 rings (SSSR count).